The number of carbonyl (C=O) groups excluding carboxylic acids is 2. The molecule has 5 aromatic rings. The first-order valence-electron chi connectivity index (χ1n) is 17.6. The number of non-ortho nitro benzene ring substituents is 1. The first-order chi connectivity index (χ1) is 27.2. The van der Waals surface area contributed by atoms with Crippen LogP contribution in [-0.2, 0) is 14.3 Å². The first-order valence-corrected chi connectivity index (χ1v) is 17.6. The molecule has 3 aliphatic rings. The van der Waals surface area contributed by atoms with Gasteiger partial charge in [-0.1, -0.05) is 36.4 Å². The van der Waals surface area contributed by atoms with Crippen LogP contribution in [-0.4, -0.2) is 84.2 Å². The maximum Gasteiger partial charge on any atom is 0.269 e. The predicted molar refractivity (Wildman–Crippen MR) is 200 cm³/mol. The van der Waals surface area contributed by atoms with E-state index in [-0.39, 0.29) is 22.9 Å². The van der Waals surface area contributed by atoms with Crippen molar-refractivity contribution in [1.82, 2.24) is 9.97 Å². The molecule has 0 saturated carbocycles. The third-order valence-electron chi connectivity index (χ3n) is 9.96. The van der Waals surface area contributed by atoms with Gasteiger partial charge in [-0.05, 0) is 60.7 Å². The molecule has 4 unspecified atom stereocenters. The number of ether oxygens (including phenoxy) is 2. The van der Waals surface area contributed by atoms with Gasteiger partial charge in [0.15, 0.2) is 0 Å². The fraction of sp³-hybridized carbons (Fsp3) is 0.200. The van der Waals surface area contributed by atoms with Crippen molar-refractivity contribution in [1.29, 1.82) is 0 Å². The second-order valence-corrected chi connectivity index (χ2v) is 13.3. The van der Waals surface area contributed by atoms with Crippen LogP contribution in [0, 0.1) is 27.9 Å². The van der Waals surface area contributed by atoms with E-state index < -0.39 is 65.2 Å². The van der Waals surface area contributed by atoms with Crippen LogP contribution in [0.1, 0.15) is 11.1 Å². The second kappa shape index (κ2) is 15.2. The zero-order chi connectivity index (χ0) is 38.9. The molecule has 282 valence electrons. The highest BCUT2D eigenvalue weighted by atomic mass is 16.7. The van der Waals surface area contributed by atoms with E-state index in [1.54, 1.807) is 84.9 Å². The van der Waals surface area contributed by atoms with Crippen molar-refractivity contribution in [3.8, 4) is 5.75 Å². The Bertz CT molecular complexity index is 2170. The van der Waals surface area contributed by atoms with Crippen LogP contribution in [0.25, 0.3) is 0 Å². The van der Waals surface area contributed by atoms with E-state index >= 15 is 9.59 Å². The van der Waals surface area contributed by atoms with E-state index in [0.717, 1.165) is 0 Å². The van der Waals surface area contributed by atoms with Crippen LogP contribution >= 0.6 is 0 Å². The molecule has 0 bridgehead atoms. The summed E-state index contributed by atoms with van der Waals surface area (Å²) in [7, 11) is 0. The van der Waals surface area contributed by atoms with E-state index in [4.69, 9.17) is 19.7 Å². The minimum absolute atomic E-state index is 0.0380. The minimum Gasteiger partial charge on any atom is -0.462 e. The molecule has 16 nitrogen and oxygen atoms in total. The molecule has 8 rings (SSSR count). The summed E-state index contributed by atoms with van der Waals surface area (Å²) in [5, 5.41) is 57.9. The molecule has 7 atom stereocenters. The summed E-state index contributed by atoms with van der Waals surface area (Å²) in [6, 6.07) is 28.9. The Labute approximate surface area is 318 Å². The number of carbonyl (C=O) groups is 2. The quantitative estimate of drug-likeness (QED) is 0.139. The fourth-order valence-corrected chi connectivity index (χ4v) is 7.30. The Balaban J connectivity index is 1.30. The molecule has 1 fully saturated rings. The summed E-state index contributed by atoms with van der Waals surface area (Å²) < 4.78 is 12.4. The third-order valence-corrected chi connectivity index (χ3v) is 9.96. The topological polar surface area (TPSA) is 213 Å². The van der Waals surface area contributed by atoms with Gasteiger partial charge < -0.3 is 24.8 Å². The number of nitro benzene ring substituents is 1. The Morgan fingerprint density at radius 1 is 0.643 bits per heavy atom. The van der Waals surface area contributed by atoms with Gasteiger partial charge in [0, 0.05) is 54.0 Å². The number of anilines is 2. The van der Waals surface area contributed by atoms with Crippen LogP contribution in [0.4, 0.5) is 17.1 Å². The van der Waals surface area contributed by atoms with Gasteiger partial charge >= 0.3 is 0 Å². The molecule has 56 heavy (non-hydrogen) atoms. The molecule has 16 heteroatoms. The zero-order valence-electron chi connectivity index (χ0n) is 29.2. The van der Waals surface area contributed by atoms with Crippen molar-refractivity contribution >= 4 is 40.3 Å². The van der Waals surface area contributed by atoms with Gasteiger partial charge in [-0.2, -0.15) is 20.2 Å². The smallest absolute Gasteiger partial charge is 0.269 e. The first kappa shape index (κ1) is 36.3. The Kier molecular flexibility index (Phi) is 9.84. The molecule has 3 aliphatic heterocycles. The average Bonchev–Trinajstić information content (AvgIpc) is 3.76. The second-order valence-electron chi connectivity index (χ2n) is 13.3. The van der Waals surface area contributed by atoms with Crippen LogP contribution < -0.4 is 14.8 Å². The van der Waals surface area contributed by atoms with E-state index in [1.807, 2.05) is 0 Å². The lowest BCUT2D eigenvalue weighted by Crippen LogP contribution is -2.64. The highest BCUT2D eigenvalue weighted by Gasteiger charge is 2.59. The summed E-state index contributed by atoms with van der Waals surface area (Å²) in [6.07, 6.45) is -2.81. The minimum atomic E-state index is -1.91. The molecule has 2 amide bonds. The lowest BCUT2D eigenvalue weighted by atomic mass is 9.69. The summed E-state index contributed by atoms with van der Waals surface area (Å²) in [5.41, 5.74) is 2.05. The molecule has 0 radical (unpaired) electrons. The number of nitro groups is 1. The Morgan fingerprint density at radius 3 is 1.55 bits per heavy atom. The van der Waals surface area contributed by atoms with Crippen LogP contribution in [0.15, 0.2) is 144 Å². The Hall–Kier alpha value is -6.72. The maximum absolute atomic E-state index is 15.0. The molecule has 1 saturated heterocycles. The van der Waals surface area contributed by atoms with Crippen molar-refractivity contribution in [3.63, 3.8) is 0 Å². The molecule has 0 spiro atoms. The standard InChI is InChI=1S/C40H33N7O9/c48-34-35(49)37(56-40(36(34)50)55-28-13-11-27(12-14-28)47(53)54)29(30-32(23-15-19-41-20-16-23)43-45(38(30)51)25-7-3-1-4-8-25)31-33(24-17-21-42-22-18-24)44-46(39(31)52)26-9-5-2-6-10-26/h1-22,29-31,34-37,40,48-50H/t29?,30?,31?,34-,35+,36?,37?,40+/m0/s1. The average molecular weight is 756 g/mol. The predicted octanol–water partition coefficient (Wildman–Crippen LogP) is 3.32. The molecule has 2 aromatic heterocycles. The number of nitrogens with zero attached hydrogens (tertiary/aromatic N) is 7. The van der Waals surface area contributed by atoms with E-state index in [2.05, 4.69) is 9.97 Å². The van der Waals surface area contributed by atoms with Gasteiger partial charge in [-0.25, -0.2) is 0 Å². The van der Waals surface area contributed by atoms with Crippen LogP contribution in [0.5, 0.6) is 5.75 Å². The van der Waals surface area contributed by atoms with E-state index in [9.17, 15) is 25.4 Å². The summed E-state index contributed by atoms with van der Waals surface area (Å²) in [5.74, 6) is -5.16. The van der Waals surface area contributed by atoms with Crippen LogP contribution in [0.3, 0.4) is 0 Å². The molecule has 3 N–H and O–H groups in total. The monoisotopic (exact) mass is 755 g/mol. The van der Waals surface area contributed by atoms with Gasteiger partial charge in [0.1, 0.15) is 24.1 Å². The maximum atomic E-state index is 15.0. The molecule has 3 aromatic carbocycles. The van der Waals surface area contributed by atoms with E-state index in [1.165, 1.54) is 59.1 Å². The zero-order valence-corrected chi connectivity index (χ0v) is 29.2. The van der Waals surface area contributed by atoms with Gasteiger partial charge in [-0.3, -0.25) is 29.7 Å². The number of aliphatic hydroxyl groups excluding tert-OH is 3. The summed E-state index contributed by atoms with van der Waals surface area (Å²) in [4.78, 5) is 49.0. The SMILES string of the molecule is O=C1C(C(C2C(=O)N(c3ccccc3)N=C2c2ccncc2)C2O[C@@H](Oc3ccc([N+](=O)[O-])cc3)C(O)[C@@H](O)[C@H]2O)C(c2ccncc2)=NN1c1ccccc1. The molecular formula is C40H33N7O9. The van der Waals surface area contributed by atoms with Crippen LogP contribution in [0.2, 0.25) is 0 Å². The normalized spacial score (nSPS) is 25.4. The largest absolute Gasteiger partial charge is 0.462 e. The van der Waals surface area contributed by atoms with Gasteiger partial charge in [0.2, 0.25) is 6.29 Å². The van der Waals surface area contributed by atoms with Crippen molar-refractivity contribution in [3.05, 3.63) is 155 Å². The van der Waals surface area contributed by atoms with Crippen molar-refractivity contribution in [2.45, 2.75) is 30.7 Å². The Morgan fingerprint density at radius 2 is 1.11 bits per heavy atom. The number of aliphatic hydroxyl groups is 3. The van der Waals surface area contributed by atoms with Gasteiger partial charge in [0.25, 0.3) is 17.5 Å². The number of benzene rings is 3. The number of rotatable bonds is 10. The highest BCUT2D eigenvalue weighted by molar-refractivity contribution is 6.25. The number of hydrazone groups is 2. The number of para-hydroxylation sites is 2. The van der Waals surface area contributed by atoms with E-state index in [0.29, 0.717) is 22.5 Å². The van der Waals surface area contributed by atoms with Crippen molar-refractivity contribution in [2.24, 2.45) is 28.0 Å². The number of aromatic nitrogens is 2. The number of hydrogen-bond acceptors (Lipinski definition) is 13. The third kappa shape index (κ3) is 6.66. The van der Waals surface area contributed by atoms with Crippen molar-refractivity contribution in [2.75, 3.05) is 10.0 Å². The van der Waals surface area contributed by atoms with Gasteiger partial charge in [0.05, 0.1) is 45.7 Å². The molecule has 5 heterocycles. The van der Waals surface area contributed by atoms with Gasteiger partial charge in [-0.15, -0.1) is 0 Å². The molecule has 0 aliphatic carbocycles. The number of amides is 2. The lowest BCUT2D eigenvalue weighted by Gasteiger charge is -2.45. The number of pyridine rings is 2. The lowest BCUT2D eigenvalue weighted by molar-refractivity contribution is -0.384. The summed E-state index contributed by atoms with van der Waals surface area (Å²) >= 11 is 0. The fourth-order valence-electron chi connectivity index (χ4n) is 7.30. The van der Waals surface area contributed by atoms with Crippen molar-refractivity contribution < 1.29 is 39.3 Å². The molecular weight excluding hydrogens is 722 g/mol. The highest BCUT2D eigenvalue weighted by Crippen LogP contribution is 2.44. The summed E-state index contributed by atoms with van der Waals surface area (Å²) in [6.45, 7) is 0. The number of hydrogen-bond donors (Lipinski definition) is 3.